The fourth-order valence-corrected chi connectivity index (χ4v) is 2.04. The summed E-state index contributed by atoms with van der Waals surface area (Å²) in [5.41, 5.74) is 1.05. The highest BCUT2D eigenvalue weighted by Crippen LogP contribution is 2.23. The molecule has 0 bridgehead atoms. The van der Waals surface area contributed by atoms with E-state index in [0.29, 0.717) is 17.3 Å². The normalized spacial score (nSPS) is 11.3. The number of aryl methyl sites for hydroxylation is 1. The molecule has 1 N–H and O–H groups in total. The van der Waals surface area contributed by atoms with Gasteiger partial charge in [-0.25, -0.2) is 9.78 Å². The summed E-state index contributed by atoms with van der Waals surface area (Å²) < 4.78 is 11.8. The molecule has 0 spiro atoms. The van der Waals surface area contributed by atoms with Crippen molar-refractivity contribution >= 4 is 22.0 Å². The van der Waals surface area contributed by atoms with E-state index in [-0.39, 0.29) is 6.54 Å². The number of carbonyl (C=O) groups excluding carboxylic acids is 1. The molecule has 0 fully saturated rings. The van der Waals surface area contributed by atoms with Gasteiger partial charge in [-0.05, 0) is 52.0 Å². The molecule has 1 heterocycles. The summed E-state index contributed by atoms with van der Waals surface area (Å²) in [6, 6.07) is 7.68. The Bertz CT molecular complexity index is 657. The van der Waals surface area contributed by atoms with Crippen molar-refractivity contribution in [2.75, 3.05) is 0 Å². The zero-order valence-electron chi connectivity index (χ0n) is 13.1. The van der Waals surface area contributed by atoms with Crippen LogP contribution in [-0.2, 0) is 11.3 Å². The number of carbonyl (C=O) groups is 1. The Hall–Kier alpha value is -1.82. The number of hydrogen-bond acceptors (Lipinski definition) is 4. The molecule has 2 aromatic rings. The van der Waals surface area contributed by atoms with E-state index in [4.69, 9.17) is 9.15 Å². The molecule has 2 rings (SSSR count). The largest absolute Gasteiger partial charge is 0.444 e. The molecule has 1 amide bonds. The van der Waals surface area contributed by atoms with Gasteiger partial charge in [-0.15, -0.1) is 0 Å². The fourth-order valence-electron chi connectivity index (χ4n) is 1.78. The molecule has 0 aliphatic carbocycles. The molecule has 22 heavy (non-hydrogen) atoms. The van der Waals surface area contributed by atoms with E-state index in [1.807, 2.05) is 52.0 Å². The maximum Gasteiger partial charge on any atom is 0.407 e. The van der Waals surface area contributed by atoms with Crippen LogP contribution < -0.4 is 5.32 Å². The van der Waals surface area contributed by atoms with Crippen LogP contribution in [0.15, 0.2) is 33.2 Å². The van der Waals surface area contributed by atoms with E-state index in [1.165, 1.54) is 0 Å². The van der Waals surface area contributed by atoms with Crippen LogP contribution in [0.3, 0.4) is 0 Å². The second-order valence-corrected chi connectivity index (χ2v) is 6.80. The van der Waals surface area contributed by atoms with E-state index in [1.54, 1.807) is 0 Å². The van der Waals surface area contributed by atoms with Crippen LogP contribution in [0.1, 0.15) is 32.2 Å². The van der Waals surface area contributed by atoms with Crippen molar-refractivity contribution in [3.8, 4) is 11.5 Å². The van der Waals surface area contributed by atoms with E-state index in [2.05, 4.69) is 26.2 Å². The summed E-state index contributed by atoms with van der Waals surface area (Å²) in [7, 11) is 0. The minimum absolute atomic E-state index is 0.265. The van der Waals surface area contributed by atoms with Gasteiger partial charge in [0.1, 0.15) is 17.1 Å². The van der Waals surface area contributed by atoms with Crippen LogP contribution in [0.2, 0.25) is 0 Å². The first-order valence-corrected chi connectivity index (χ1v) is 7.73. The summed E-state index contributed by atoms with van der Waals surface area (Å²) >= 11 is 3.39. The fraction of sp³-hybridized carbons (Fsp3) is 0.375. The van der Waals surface area contributed by atoms with Crippen molar-refractivity contribution < 1.29 is 13.9 Å². The number of benzene rings is 1. The second-order valence-electron chi connectivity index (χ2n) is 5.88. The van der Waals surface area contributed by atoms with Crippen molar-refractivity contribution in [1.29, 1.82) is 0 Å². The molecule has 0 radical (unpaired) electrons. The lowest BCUT2D eigenvalue weighted by Crippen LogP contribution is -2.32. The topological polar surface area (TPSA) is 64.4 Å². The van der Waals surface area contributed by atoms with Gasteiger partial charge in [0.05, 0.1) is 6.54 Å². The Morgan fingerprint density at radius 1 is 1.32 bits per heavy atom. The molecule has 0 aliphatic heterocycles. The van der Waals surface area contributed by atoms with E-state index in [9.17, 15) is 4.79 Å². The van der Waals surface area contributed by atoms with E-state index in [0.717, 1.165) is 10.0 Å². The average molecular weight is 367 g/mol. The molecule has 0 saturated carbocycles. The van der Waals surface area contributed by atoms with Crippen molar-refractivity contribution in [1.82, 2.24) is 10.3 Å². The lowest BCUT2D eigenvalue weighted by molar-refractivity contribution is 0.0523. The standard InChI is InChI=1S/C16H19BrN2O3/c1-10-13(9-18-15(20)22-16(2,3)4)19-14(21-10)11-5-7-12(17)8-6-11/h5-8H,9H2,1-4H3,(H,18,20). The SMILES string of the molecule is Cc1oc(-c2ccc(Br)cc2)nc1CNC(=O)OC(C)(C)C. The van der Waals surface area contributed by atoms with Gasteiger partial charge in [-0.2, -0.15) is 0 Å². The number of halogens is 1. The highest BCUT2D eigenvalue weighted by atomic mass is 79.9. The number of amides is 1. The van der Waals surface area contributed by atoms with Gasteiger partial charge in [0.2, 0.25) is 5.89 Å². The Labute approximate surface area is 138 Å². The Morgan fingerprint density at radius 2 is 1.95 bits per heavy atom. The molecule has 118 valence electrons. The van der Waals surface area contributed by atoms with Gasteiger partial charge in [-0.1, -0.05) is 15.9 Å². The minimum Gasteiger partial charge on any atom is -0.444 e. The van der Waals surface area contributed by atoms with Crippen LogP contribution in [0, 0.1) is 6.92 Å². The minimum atomic E-state index is -0.522. The number of aromatic nitrogens is 1. The van der Waals surface area contributed by atoms with E-state index < -0.39 is 11.7 Å². The maximum atomic E-state index is 11.7. The van der Waals surface area contributed by atoms with Gasteiger partial charge < -0.3 is 14.5 Å². The molecular weight excluding hydrogens is 348 g/mol. The molecule has 1 aromatic heterocycles. The molecule has 6 heteroatoms. The van der Waals surface area contributed by atoms with Crippen LogP contribution in [0.25, 0.3) is 11.5 Å². The van der Waals surface area contributed by atoms with Crippen LogP contribution in [-0.4, -0.2) is 16.7 Å². The molecule has 1 aromatic carbocycles. The molecule has 0 saturated heterocycles. The first kappa shape index (κ1) is 16.5. The number of oxazole rings is 1. The van der Waals surface area contributed by atoms with E-state index >= 15 is 0 Å². The van der Waals surface area contributed by atoms with Gasteiger partial charge in [-0.3, -0.25) is 0 Å². The van der Waals surface area contributed by atoms with Crippen LogP contribution >= 0.6 is 15.9 Å². The first-order chi connectivity index (χ1) is 10.2. The summed E-state index contributed by atoms with van der Waals surface area (Å²) in [6.45, 7) is 7.54. The number of alkyl carbamates (subject to hydrolysis) is 1. The maximum absolute atomic E-state index is 11.7. The second kappa shape index (κ2) is 6.52. The molecular formula is C16H19BrN2O3. The summed E-state index contributed by atoms with van der Waals surface area (Å²) in [4.78, 5) is 16.1. The third-order valence-corrected chi connectivity index (χ3v) is 3.31. The smallest absolute Gasteiger partial charge is 0.407 e. The van der Waals surface area contributed by atoms with Gasteiger partial charge in [0, 0.05) is 10.0 Å². The number of nitrogens with one attached hydrogen (secondary N) is 1. The number of hydrogen-bond donors (Lipinski definition) is 1. The van der Waals surface area contributed by atoms with Gasteiger partial charge in [0.25, 0.3) is 0 Å². The number of ether oxygens (including phenoxy) is 1. The van der Waals surface area contributed by atoms with Crippen LogP contribution in [0.4, 0.5) is 4.79 Å². The molecule has 0 atom stereocenters. The quantitative estimate of drug-likeness (QED) is 0.871. The average Bonchev–Trinajstić information content (AvgIpc) is 2.77. The van der Waals surface area contributed by atoms with Crippen LogP contribution in [0.5, 0.6) is 0 Å². The molecule has 5 nitrogen and oxygen atoms in total. The predicted octanol–water partition coefficient (Wildman–Crippen LogP) is 4.44. The lowest BCUT2D eigenvalue weighted by atomic mass is 10.2. The molecule has 0 unspecified atom stereocenters. The number of rotatable bonds is 3. The Morgan fingerprint density at radius 3 is 2.55 bits per heavy atom. The van der Waals surface area contributed by atoms with Crippen molar-refractivity contribution in [2.24, 2.45) is 0 Å². The van der Waals surface area contributed by atoms with Gasteiger partial charge in [0.15, 0.2) is 0 Å². The van der Waals surface area contributed by atoms with Crippen molar-refractivity contribution in [2.45, 2.75) is 39.8 Å². The zero-order valence-corrected chi connectivity index (χ0v) is 14.7. The summed E-state index contributed by atoms with van der Waals surface area (Å²) in [6.07, 6.45) is -0.472. The summed E-state index contributed by atoms with van der Waals surface area (Å²) in [5, 5.41) is 2.68. The Balaban J connectivity index is 2.04. The van der Waals surface area contributed by atoms with Crippen molar-refractivity contribution in [3.63, 3.8) is 0 Å². The highest BCUT2D eigenvalue weighted by molar-refractivity contribution is 9.10. The van der Waals surface area contributed by atoms with Gasteiger partial charge >= 0.3 is 6.09 Å². The monoisotopic (exact) mass is 366 g/mol. The zero-order chi connectivity index (χ0) is 16.3. The third kappa shape index (κ3) is 4.59. The molecule has 0 aliphatic rings. The predicted molar refractivity (Wildman–Crippen MR) is 87.4 cm³/mol. The third-order valence-electron chi connectivity index (χ3n) is 2.78. The summed E-state index contributed by atoms with van der Waals surface area (Å²) in [5.74, 6) is 1.21. The number of nitrogens with zero attached hydrogens (tertiary/aromatic N) is 1. The Kier molecular flexibility index (Phi) is 4.90. The highest BCUT2D eigenvalue weighted by Gasteiger charge is 2.17. The lowest BCUT2D eigenvalue weighted by Gasteiger charge is -2.19. The first-order valence-electron chi connectivity index (χ1n) is 6.94. The van der Waals surface area contributed by atoms with Crippen molar-refractivity contribution in [3.05, 3.63) is 40.2 Å².